The van der Waals surface area contributed by atoms with E-state index >= 15 is 0 Å². The van der Waals surface area contributed by atoms with Gasteiger partial charge in [-0.1, -0.05) is 111 Å². The largest absolute Gasteiger partial charge is 1.00 e. The summed E-state index contributed by atoms with van der Waals surface area (Å²) in [6.45, 7) is 6.00. The summed E-state index contributed by atoms with van der Waals surface area (Å²) in [4.78, 5) is 30.4. The number of halogens is 2. The molecule has 4 N–H and O–H groups in total. The third-order valence-corrected chi connectivity index (χ3v) is 7.77. The molecule has 10 nitrogen and oxygen atoms in total. The van der Waals surface area contributed by atoms with Gasteiger partial charge in [-0.05, 0) is 103 Å². The van der Waals surface area contributed by atoms with Crippen molar-refractivity contribution in [1.29, 1.82) is 0 Å². The number of aliphatic hydroxyl groups excluding tert-OH is 1. The molecule has 0 atom stereocenters. The van der Waals surface area contributed by atoms with Crippen LogP contribution in [0.5, 0.6) is 0 Å². The Balaban J connectivity index is 0.000000454. The summed E-state index contributed by atoms with van der Waals surface area (Å²) in [6, 6.07) is 34.4. The molecule has 320 valence electrons. The van der Waals surface area contributed by atoms with Crippen LogP contribution in [0.4, 0.5) is 9.59 Å². The molecular weight excluding hydrogens is 908 g/mol. The molecule has 2 heterocycles. The lowest BCUT2D eigenvalue weighted by Gasteiger charge is -2.06. The number of hydrogen-bond donors (Lipinski definition) is 3. The van der Waals surface area contributed by atoms with Crippen molar-refractivity contribution in [3.8, 4) is 47.4 Å². The fourth-order valence-corrected chi connectivity index (χ4v) is 4.48. The first-order chi connectivity index (χ1) is 29.4. The first-order valence-corrected chi connectivity index (χ1v) is 19.5. The summed E-state index contributed by atoms with van der Waals surface area (Å²) in [7, 11) is 0. The Hall–Kier alpha value is -6.64. The number of carbonyl (C=O) groups excluding carboxylic acids is 2. The number of aromatic nitrogens is 4. The highest BCUT2D eigenvalue weighted by Gasteiger charge is 2.04. The number of ether oxygens (including phenoxy) is 1. The normalized spacial score (nSPS) is 8.84. The number of alkyl carbamates (subject to hydrolysis) is 1. The van der Waals surface area contributed by atoms with Gasteiger partial charge in [-0.15, -0.1) is 0 Å². The molecule has 62 heavy (non-hydrogen) atoms. The van der Waals surface area contributed by atoms with Crippen molar-refractivity contribution >= 4 is 12.1 Å². The standard InChI is InChI=1S/C22H21NO2.C17H12O.C7H6N4O.C4H11N.2BrH/c1-2-3-17-23-22(24)25-18-21-15-13-20(14-16-21)12-8-7-11-19-9-5-4-6-10-19;18-14-17-12-10-16(11-13-17)9-5-4-8-15-6-2-1-3-7-15;12-7(10-3-1-8-5-10)11-4-2-9-6-11;1-2-3-4-5;;/h4-6,9-10,13-16H,2-3,17-18H2,1H3,(H,23,24);1-3,6-7,10-13,18H,14H2;1-6H;2-5H2,1H3;2*1H/p-2. The second-order valence-corrected chi connectivity index (χ2v) is 12.5. The fraction of sp³-hybridized carbons (Fsp3) is 0.200. The Kier molecular flexibility index (Phi) is 29.4. The Labute approximate surface area is 386 Å². The van der Waals surface area contributed by atoms with Crippen molar-refractivity contribution in [2.45, 2.75) is 52.7 Å². The van der Waals surface area contributed by atoms with Gasteiger partial charge in [0, 0.05) is 53.6 Å². The molecule has 12 heteroatoms. The van der Waals surface area contributed by atoms with Gasteiger partial charge in [0.05, 0.1) is 6.61 Å². The molecule has 0 saturated carbocycles. The Morgan fingerprint density at radius 2 is 1.05 bits per heavy atom. The number of unbranched alkanes of at least 4 members (excludes halogenated alkanes) is 2. The average molecular weight is 959 g/mol. The minimum absolute atomic E-state index is 0. The monoisotopic (exact) mass is 956 g/mol. The summed E-state index contributed by atoms with van der Waals surface area (Å²) < 4.78 is 7.91. The van der Waals surface area contributed by atoms with E-state index in [1.807, 2.05) is 109 Å². The summed E-state index contributed by atoms with van der Waals surface area (Å²) in [5, 5.41) is 11.6. The van der Waals surface area contributed by atoms with Crippen molar-refractivity contribution in [3.63, 3.8) is 0 Å². The minimum atomic E-state index is -0.381. The maximum Gasteiger partial charge on any atom is 0.407 e. The summed E-state index contributed by atoms with van der Waals surface area (Å²) in [5.74, 6) is 23.2. The molecule has 0 bridgehead atoms. The molecule has 0 radical (unpaired) electrons. The molecule has 0 fully saturated rings. The SMILES string of the molecule is CCCCN.CCCCNC(=O)OCc1ccc(C#CC#Cc2ccccc2)cc1.O=C(n1ccnc1)n1ccnc1.OCc1ccc(C#CC#Cc2ccccc2)cc1.[Br-].[Br-]. The van der Waals surface area contributed by atoms with E-state index < -0.39 is 0 Å². The quantitative estimate of drug-likeness (QED) is 0.157. The number of rotatable bonds is 8. The molecule has 0 aliphatic heterocycles. The van der Waals surface area contributed by atoms with Gasteiger partial charge in [-0.2, -0.15) is 0 Å². The lowest BCUT2D eigenvalue weighted by Crippen LogP contribution is -3.00. The van der Waals surface area contributed by atoms with E-state index in [9.17, 15) is 9.59 Å². The first kappa shape index (κ1) is 53.4. The lowest BCUT2D eigenvalue weighted by molar-refractivity contribution is -0.00100. The zero-order valence-electron chi connectivity index (χ0n) is 34.8. The van der Waals surface area contributed by atoms with E-state index in [4.69, 9.17) is 15.6 Å². The second-order valence-electron chi connectivity index (χ2n) is 12.5. The number of nitrogens with two attached hydrogens (primary N) is 1. The predicted molar refractivity (Wildman–Crippen MR) is 237 cm³/mol. The number of imidazole rings is 2. The van der Waals surface area contributed by atoms with Gasteiger partial charge in [0.1, 0.15) is 19.3 Å². The molecule has 4 aromatic carbocycles. The molecule has 0 spiro atoms. The molecule has 1 amide bonds. The van der Waals surface area contributed by atoms with Crippen molar-refractivity contribution in [1.82, 2.24) is 24.4 Å². The van der Waals surface area contributed by atoms with Gasteiger partial charge in [-0.3, -0.25) is 9.13 Å². The molecule has 0 unspecified atom stereocenters. The van der Waals surface area contributed by atoms with E-state index in [2.05, 4.69) is 76.5 Å². The number of nitrogens with zero attached hydrogens (tertiary/aromatic N) is 4. The van der Waals surface area contributed by atoms with Crippen LogP contribution in [0.25, 0.3) is 0 Å². The highest BCUT2D eigenvalue weighted by molar-refractivity contribution is 5.78. The second kappa shape index (κ2) is 34.1. The van der Waals surface area contributed by atoms with Gasteiger partial charge in [0.25, 0.3) is 0 Å². The molecule has 0 aliphatic rings. The molecule has 2 aromatic heterocycles. The number of aliphatic hydroxyl groups is 1. The summed E-state index contributed by atoms with van der Waals surface area (Å²) in [5.41, 5.74) is 10.6. The number of hydrogen-bond acceptors (Lipinski definition) is 7. The van der Waals surface area contributed by atoms with E-state index in [1.54, 1.807) is 24.8 Å². The van der Waals surface area contributed by atoms with Crippen molar-refractivity contribution in [2.24, 2.45) is 5.73 Å². The van der Waals surface area contributed by atoms with Gasteiger partial charge < -0.3 is 54.9 Å². The zero-order valence-corrected chi connectivity index (χ0v) is 38.0. The van der Waals surface area contributed by atoms with Crippen molar-refractivity contribution < 1.29 is 53.4 Å². The van der Waals surface area contributed by atoms with Crippen LogP contribution in [0, 0.1) is 47.4 Å². The highest BCUT2D eigenvalue weighted by Crippen LogP contribution is 2.06. The van der Waals surface area contributed by atoms with Crippen LogP contribution in [0.3, 0.4) is 0 Å². The first-order valence-electron chi connectivity index (χ1n) is 19.5. The van der Waals surface area contributed by atoms with Crippen molar-refractivity contribution in [3.05, 3.63) is 180 Å². The van der Waals surface area contributed by atoms with Crippen LogP contribution in [0.2, 0.25) is 0 Å². The molecule has 0 saturated heterocycles. The Morgan fingerprint density at radius 3 is 1.40 bits per heavy atom. The van der Waals surface area contributed by atoms with Gasteiger partial charge in [0.2, 0.25) is 0 Å². The maximum atomic E-state index is 11.5. The number of nitrogens with one attached hydrogen (secondary N) is 1. The average Bonchev–Trinajstić information content (AvgIpc) is 4.05. The smallest absolute Gasteiger partial charge is 0.407 e. The summed E-state index contributed by atoms with van der Waals surface area (Å²) >= 11 is 0. The van der Waals surface area contributed by atoms with Crippen LogP contribution in [0.15, 0.2) is 147 Å². The van der Waals surface area contributed by atoms with Gasteiger partial charge in [0.15, 0.2) is 0 Å². The van der Waals surface area contributed by atoms with E-state index in [-0.39, 0.29) is 59.3 Å². The molecule has 0 aliphatic carbocycles. The van der Waals surface area contributed by atoms with Crippen LogP contribution < -0.4 is 45.0 Å². The van der Waals surface area contributed by atoms with Crippen LogP contribution in [0.1, 0.15) is 72.9 Å². The number of amides is 1. The van der Waals surface area contributed by atoms with Crippen LogP contribution in [-0.4, -0.2) is 49.4 Å². The van der Waals surface area contributed by atoms with Gasteiger partial charge in [-0.25, -0.2) is 19.6 Å². The topological polar surface area (TPSA) is 137 Å². The third-order valence-electron chi connectivity index (χ3n) is 7.77. The van der Waals surface area contributed by atoms with Crippen LogP contribution >= 0.6 is 0 Å². The lowest BCUT2D eigenvalue weighted by atomic mass is 10.1. The minimum Gasteiger partial charge on any atom is -1.00 e. The van der Waals surface area contributed by atoms with Crippen molar-refractivity contribution in [2.75, 3.05) is 13.1 Å². The maximum absolute atomic E-state index is 11.5. The zero-order chi connectivity index (χ0) is 42.9. The molecule has 6 aromatic rings. The van der Waals surface area contributed by atoms with E-state index in [0.29, 0.717) is 6.54 Å². The third kappa shape index (κ3) is 23.2. The Morgan fingerprint density at radius 1 is 0.629 bits per heavy atom. The fourth-order valence-electron chi connectivity index (χ4n) is 4.48. The summed E-state index contributed by atoms with van der Waals surface area (Å²) in [6.07, 6.45) is 13.2. The molecule has 6 rings (SSSR count). The predicted octanol–water partition coefficient (Wildman–Crippen LogP) is 2.05. The number of benzene rings is 4. The van der Waals surface area contributed by atoms with Crippen LogP contribution in [-0.2, 0) is 18.0 Å². The van der Waals surface area contributed by atoms with E-state index in [0.717, 1.165) is 52.8 Å². The van der Waals surface area contributed by atoms with E-state index in [1.165, 1.54) is 34.6 Å². The number of carbonyl (C=O) groups is 2. The molecular formula is C50H50Br2N6O4-2. The Bertz CT molecular complexity index is 2320. The van der Waals surface area contributed by atoms with Gasteiger partial charge >= 0.3 is 12.1 Å². The highest BCUT2D eigenvalue weighted by atomic mass is 79.9.